The van der Waals surface area contributed by atoms with Gasteiger partial charge in [0.05, 0.1) is 29.0 Å². The number of nitrogens with two attached hydrogens (primary N) is 1. The highest BCUT2D eigenvalue weighted by atomic mass is 19.1. The molecule has 2 aromatic heterocycles. The van der Waals surface area contributed by atoms with Crippen molar-refractivity contribution in [2.45, 2.75) is 20.8 Å². The van der Waals surface area contributed by atoms with E-state index in [0.29, 0.717) is 34.6 Å². The quantitative estimate of drug-likeness (QED) is 0.0604. The van der Waals surface area contributed by atoms with Gasteiger partial charge in [0.2, 0.25) is 0 Å². The van der Waals surface area contributed by atoms with Gasteiger partial charge in [0, 0.05) is 53.1 Å². The zero-order valence-electron chi connectivity index (χ0n) is 26.5. The molecule has 0 saturated carbocycles. The number of aromatic amines is 1. The molecule has 0 bridgehead atoms. The number of nitrogens with zero attached hydrogens (tertiary/aromatic N) is 2. The fourth-order valence-corrected chi connectivity index (χ4v) is 4.84. The van der Waals surface area contributed by atoms with Gasteiger partial charge in [-0.1, -0.05) is 39.2 Å². The summed E-state index contributed by atoms with van der Waals surface area (Å²) in [5.74, 6) is -0.793. The van der Waals surface area contributed by atoms with Crippen LogP contribution in [0.2, 0.25) is 0 Å². The molecule has 2 aromatic carbocycles. The minimum absolute atomic E-state index is 0.0151. The second-order valence-corrected chi connectivity index (χ2v) is 11.6. The van der Waals surface area contributed by atoms with E-state index in [1.807, 2.05) is 51.9 Å². The van der Waals surface area contributed by atoms with Gasteiger partial charge in [-0.2, -0.15) is 0 Å². The Morgan fingerprint density at radius 2 is 1.80 bits per heavy atom. The van der Waals surface area contributed by atoms with Crippen LogP contribution in [0, 0.1) is 29.9 Å². The van der Waals surface area contributed by atoms with Crippen LogP contribution in [0.1, 0.15) is 41.9 Å². The van der Waals surface area contributed by atoms with Crippen molar-refractivity contribution in [1.29, 1.82) is 5.41 Å². The molecule has 0 amide bonds. The predicted molar refractivity (Wildman–Crippen MR) is 184 cm³/mol. The number of allylic oxidation sites excluding steroid dienone is 3. The number of nitrogens with one attached hydrogen (secondary N) is 4. The van der Waals surface area contributed by atoms with E-state index in [4.69, 9.17) is 11.1 Å². The molecular formula is C36H41F2N7. The highest BCUT2D eigenvalue weighted by molar-refractivity contribution is 6.14. The van der Waals surface area contributed by atoms with E-state index >= 15 is 4.39 Å². The van der Waals surface area contributed by atoms with Gasteiger partial charge in [0.1, 0.15) is 11.6 Å². The number of nitrogen functional groups attached to an aromatic ring is 1. The van der Waals surface area contributed by atoms with E-state index in [1.54, 1.807) is 36.7 Å². The first-order chi connectivity index (χ1) is 21.4. The second kappa shape index (κ2) is 14.2. The van der Waals surface area contributed by atoms with Gasteiger partial charge in [0.25, 0.3) is 0 Å². The number of likely N-dealkylation sites (N-methyl/N-ethyl adjacent to an activating group) is 1. The minimum Gasteiger partial charge on any atom is -0.396 e. The lowest BCUT2D eigenvalue weighted by Crippen LogP contribution is -2.20. The maximum atomic E-state index is 15.2. The van der Waals surface area contributed by atoms with Gasteiger partial charge < -0.3 is 26.3 Å². The zero-order chi connectivity index (χ0) is 32.8. The Bertz CT molecular complexity index is 1770. The number of halogens is 2. The summed E-state index contributed by atoms with van der Waals surface area (Å²) in [5.41, 5.74) is 13.0. The van der Waals surface area contributed by atoms with Crippen LogP contribution in [-0.4, -0.2) is 47.8 Å². The summed E-state index contributed by atoms with van der Waals surface area (Å²) >= 11 is 0. The standard InChI is InChI=1S/C36H41F2N7/c1-8-9-30(25-12-27(37)17-28(13-25)42-10-11-45(6)7)31-18-34(44-23(31)5)36(40)32-15-24(16-33(38)35(32)39)26-14-29(20-41-19-26)43-22(4)21(2)3/h8-9,12-21,40,42-44H,1,4,10-11,39H2,2-3,5-7H3/b30-9-,40-36?. The summed E-state index contributed by atoms with van der Waals surface area (Å²) in [6.45, 7) is 15.3. The van der Waals surface area contributed by atoms with Crippen molar-refractivity contribution in [2.75, 3.05) is 43.6 Å². The zero-order valence-corrected chi connectivity index (χ0v) is 26.5. The average Bonchev–Trinajstić information content (AvgIpc) is 3.37. The number of benzene rings is 2. The smallest absolute Gasteiger partial charge is 0.147 e. The fourth-order valence-electron chi connectivity index (χ4n) is 4.84. The molecule has 45 heavy (non-hydrogen) atoms. The first kappa shape index (κ1) is 32.9. The monoisotopic (exact) mass is 609 g/mol. The number of aromatic nitrogens is 2. The Morgan fingerprint density at radius 1 is 1.04 bits per heavy atom. The van der Waals surface area contributed by atoms with Crippen molar-refractivity contribution < 1.29 is 8.78 Å². The van der Waals surface area contributed by atoms with Crippen LogP contribution in [0.4, 0.5) is 25.8 Å². The maximum Gasteiger partial charge on any atom is 0.147 e. The van der Waals surface area contributed by atoms with E-state index in [9.17, 15) is 4.39 Å². The molecule has 0 fully saturated rings. The summed E-state index contributed by atoms with van der Waals surface area (Å²) in [5, 5.41) is 15.6. The normalized spacial score (nSPS) is 11.6. The number of hydrogen-bond donors (Lipinski definition) is 5. The molecule has 0 radical (unpaired) electrons. The Balaban J connectivity index is 1.69. The highest BCUT2D eigenvalue weighted by Crippen LogP contribution is 2.33. The number of pyridine rings is 1. The molecule has 4 aromatic rings. The predicted octanol–water partition coefficient (Wildman–Crippen LogP) is 7.83. The number of H-pyrrole nitrogens is 1. The van der Waals surface area contributed by atoms with Crippen LogP contribution < -0.4 is 16.4 Å². The molecule has 7 nitrogen and oxygen atoms in total. The molecule has 0 aliphatic rings. The molecule has 0 aliphatic heterocycles. The van der Waals surface area contributed by atoms with Crippen LogP contribution in [0.15, 0.2) is 85.9 Å². The van der Waals surface area contributed by atoms with Crippen LogP contribution >= 0.6 is 0 Å². The van der Waals surface area contributed by atoms with Gasteiger partial charge >= 0.3 is 0 Å². The molecule has 9 heteroatoms. The summed E-state index contributed by atoms with van der Waals surface area (Å²) in [4.78, 5) is 9.60. The topological polar surface area (TPSA) is 106 Å². The van der Waals surface area contributed by atoms with Crippen LogP contribution in [0.25, 0.3) is 16.7 Å². The van der Waals surface area contributed by atoms with Crippen molar-refractivity contribution >= 4 is 28.3 Å². The molecule has 0 aliphatic carbocycles. The average molecular weight is 610 g/mol. The molecule has 0 atom stereocenters. The molecule has 6 N–H and O–H groups in total. The van der Waals surface area contributed by atoms with Gasteiger partial charge in [-0.05, 0) is 86.1 Å². The maximum absolute atomic E-state index is 15.2. The minimum atomic E-state index is -0.637. The third-order valence-electron chi connectivity index (χ3n) is 7.43. The second-order valence-electron chi connectivity index (χ2n) is 11.6. The Morgan fingerprint density at radius 3 is 2.49 bits per heavy atom. The summed E-state index contributed by atoms with van der Waals surface area (Å²) in [7, 11) is 3.95. The van der Waals surface area contributed by atoms with E-state index in [0.717, 1.165) is 34.8 Å². The molecule has 4 rings (SSSR count). The van der Waals surface area contributed by atoms with Gasteiger partial charge in [-0.15, -0.1) is 0 Å². The van der Waals surface area contributed by atoms with Crippen molar-refractivity contribution in [1.82, 2.24) is 14.9 Å². The molecule has 234 valence electrons. The van der Waals surface area contributed by atoms with Gasteiger partial charge in [-0.3, -0.25) is 10.4 Å². The summed E-state index contributed by atoms with van der Waals surface area (Å²) in [6.07, 6.45) is 6.75. The van der Waals surface area contributed by atoms with Crippen LogP contribution in [0.5, 0.6) is 0 Å². The van der Waals surface area contributed by atoms with Crippen molar-refractivity contribution in [3.05, 3.63) is 126 Å². The van der Waals surface area contributed by atoms with E-state index in [2.05, 4.69) is 33.8 Å². The SMILES string of the molecule is C=C/C=C(/c1cc(F)cc(NCCN(C)C)c1)c1cc(C(=N)c2cc(-c3cncc(NC(=C)C(C)C)c3)cc(F)c2N)[nH]c1C. The Hall–Kier alpha value is -5.02. The number of aryl methyl sites for hydroxylation is 1. The largest absolute Gasteiger partial charge is 0.396 e. The first-order valence-electron chi connectivity index (χ1n) is 14.7. The van der Waals surface area contributed by atoms with E-state index < -0.39 is 5.82 Å². The lowest BCUT2D eigenvalue weighted by atomic mass is 9.95. The van der Waals surface area contributed by atoms with Crippen LogP contribution in [-0.2, 0) is 0 Å². The Labute approximate surface area is 264 Å². The molecule has 0 unspecified atom stereocenters. The molecular weight excluding hydrogens is 568 g/mol. The third kappa shape index (κ3) is 7.93. The Kier molecular flexibility index (Phi) is 10.4. The molecule has 0 spiro atoms. The van der Waals surface area contributed by atoms with Gasteiger partial charge in [0.15, 0.2) is 0 Å². The summed E-state index contributed by atoms with van der Waals surface area (Å²) in [6, 6.07) is 11.5. The van der Waals surface area contributed by atoms with Crippen LogP contribution in [0.3, 0.4) is 0 Å². The van der Waals surface area contributed by atoms with Crippen molar-refractivity contribution in [3.8, 4) is 11.1 Å². The van der Waals surface area contributed by atoms with Gasteiger partial charge in [-0.25, -0.2) is 8.78 Å². The summed E-state index contributed by atoms with van der Waals surface area (Å²) < 4.78 is 30.0. The number of hydrogen-bond acceptors (Lipinski definition) is 6. The van der Waals surface area contributed by atoms with Crippen molar-refractivity contribution in [3.63, 3.8) is 0 Å². The molecule has 0 saturated heterocycles. The first-order valence-corrected chi connectivity index (χ1v) is 14.7. The van der Waals surface area contributed by atoms with E-state index in [1.165, 1.54) is 18.2 Å². The lowest BCUT2D eigenvalue weighted by molar-refractivity contribution is 0.425. The number of rotatable bonds is 13. The fraction of sp³-hybridized carbons (Fsp3) is 0.222. The van der Waals surface area contributed by atoms with Crippen molar-refractivity contribution in [2.24, 2.45) is 5.92 Å². The number of anilines is 3. The van der Waals surface area contributed by atoms with E-state index in [-0.39, 0.29) is 28.7 Å². The highest BCUT2D eigenvalue weighted by Gasteiger charge is 2.20. The lowest BCUT2D eigenvalue weighted by Gasteiger charge is -2.14. The third-order valence-corrected chi connectivity index (χ3v) is 7.43. The molecule has 2 heterocycles.